The molecule has 1 aromatic heterocycles. The van der Waals surface area contributed by atoms with Gasteiger partial charge in [0.05, 0.1) is 11.6 Å². The lowest BCUT2D eigenvalue weighted by Crippen LogP contribution is -2.01. The average molecular weight is 396 g/mol. The van der Waals surface area contributed by atoms with E-state index in [1.807, 2.05) is 18.2 Å². The zero-order chi connectivity index (χ0) is 13.8. The highest BCUT2D eigenvalue weighted by atomic mass is 79.9. The van der Waals surface area contributed by atoms with Gasteiger partial charge in [-0.1, -0.05) is 45.4 Å². The summed E-state index contributed by atoms with van der Waals surface area (Å²) < 4.78 is 0.920. The van der Waals surface area contributed by atoms with Crippen LogP contribution in [0, 0.1) is 0 Å². The summed E-state index contributed by atoms with van der Waals surface area (Å²) in [5.41, 5.74) is 7.48. The highest BCUT2D eigenvalue weighted by Crippen LogP contribution is 2.39. The van der Waals surface area contributed by atoms with Crippen molar-refractivity contribution in [3.8, 4) is 0 Å². The fourth-order valence-corrected chi connectivity index (χ4v) is 3.58. The van der Waals surface area contributed by atoms with Crippen molar-refractivity contribution in [3.63, 3.8) is 0 Å². The summed E-state index contributed by atoms with van der Waals surface area (Å²) in [6, 6.07) is 7.32. The Bertz CT molecular complexity index is 599. The molecular formula is C13H13BrCl2N2OS. The van der Waals surface area contributed by atoms with E-state index in [9.17, 15) is 5.11 Å². The van der Waals surface area contributed by atoms with Crippen LogP contribution in [-0.2, 0) is 13.2 Å². The minimum atomic E-state index is -0.0558. The van der Waals surface area contributed by atoms with Crippen molar-refractivity contribution < 1.29 is 5.11 Å². The van der Waals surface area contributed by atoms with E-state index in [1.54, 1.807) is 12.3 Å². The molecule has 0 unspecified atom stereocenters. The van der Waals surface area contributed by atoms with Crippen molar-refractivity contribution in [1.29, 1.82) is 0 Å². The molecule has 0 aliphatic heterocycles. The smallest absolute Gasteiger partial charge is 0.106 e. The Hall–Kier alpha value is -0.300. The Morgan fingerprint density at radius 1 is 1.35 bits per heavy atom. The fourth-order valence-electron chi connectivity index (χ4n) is 1.61. The van der Waals surface area contributed by atoms with Gasteiger partial charge in [0.1, 0.15) is 5.03 Å². The monoisotopic (exact) mass is 394 g/mol. The predicted octanol–water partition coefficient (Wildman–Crippen LogP) is 4.02. The number of aliphatic hydroxyl groups is 1. The molecule has 0 saturated heterocycles. The van der Waals surface area contributed by atoms with Crippen LogP contribution in [0.2, 0.25) is 5.02 Å². The molecule has 2 rings (SSSR count). The number of hydrogen-bond acceptors (Lipinski definition) is 4. The second-order valence-corrected chi connectivity index (χ2v) is 6.03. The first kappa shape index (κ1) is 17.8. The third-order valence-electron chi connectivity index (χ3n) is 2.58. The molecule has 0 atom stereocenters. The van der Waals surface area contributed by atoms with Gasteiger partial charge in [-0.3, -0.25) is 0 Å². The first-order valence-corrected chi connectivity index (χ1v) is 7.55. The van der Waals surface area contributed by atoms with E-state index in [1.165, 1.54) is 11.8 Å². The van der Waals surface area contributed by atoms with E-state index >= 15 is 0 Å². The molecule has 0 saturated carbocycles. The minimum Gasteiger partial charge on any atom is -0.392 e. The maximum Gasteiger partial charge on any atom is 0.106 e. The maximum absolute atomic E-state index is 9.33. The first-order chi connectivity index (χ1) is 9.17. The molecule has 0 amide bonds. The third-order valence-corrected chi connectivity index (χ3v) is 4.98. The van der Waals surface area contributed by atoms with Crippen molar-refractivity contribution in [3.05, 3.63) is 51.1 Å². The van der Waals surface area contributed by atoms with Crippen molar-refractivity contribution in [2.45, 2.75) is 23.1 Å². The molecule has 108 valence electrons. The Morgan fingerprint density at radius 3 is 2.75 bits per heavy atom. The molecule has 1 heterocycles. The standard InChI is InChI=1S/C13H12BrClN2OS.ClH/c14-10-3-4-11(15)12(9(10)6-16)19-13-8(7-18)2-1-5-17-13;/h1-5,18H,6-7,16H2;1H. The fraction of sp³-hybridized carbons (Fsp3) is 0.154. The molecule has 1 aromatic carbocycles. The topological polar surface area (TPSA) is 59.1 Å². The summed E-state index contributed by atoms with van der Waals surface area (Å²) in [7, 11) is 0. The quantitative estimate of drug-likeness (QED) is 0.820. The Kier molecular flexibility index (Phi) is 7.29. The van der Waals surface area contributed by atoms with Gasteiger partial charge in [-0.2, -0.15) is 0 Å². The lowest BCUT2D eigenvalue weighted by atomic mass is 10.2. The Labute approximate surface area is 141 Å². The summed E-state index contributed by atoms with van der Waals surface area (Å²) in [6.45, 7) is 0.324. The summed E-state index contributed by atoms with van der Waals surface area (Å²) >= 11 is 11.1. The van der Waals surface area contributed by atoms with E-state index in [2.05, 4.69) is 20.9 Å². The van der Waals surface area contributed by atoms with Gasteiger partial charge in [-0.25, -0.2) is 4.98 Å². The van der Waals surface area contributed by atoms with Crippen molar-refractivity contribution >= 4 is 51.7 Å². The van der Waals surface area contributed by atoms with E-state index in [0.29, 0.717) is 11.6 Å². The molecule has 0 aliphatic rings. The molecule has 2 aromatic rings. The van der Waals surface area contributed by atoms with Crippen molar-refractivity contribution in [2.24, 2.45) is 5.73 Å². The zero-order valence-electron chi connectivity index (χ0n) is 10.3. The third kappa shape index (κ3) is 3.87. The summed E-state index contributed by atoms with van der Waals surface area (Å²) in [6.07, 6.45) is 1.69. The number of hydrogen-bond donors (Lipinski definition) is 2. The van der Waals surface area contributed by atoms with Crippen molar-refractivity contribution in [1.82, 2.24) is 4.98 Å². The zero-order valence-corrected chi connectivity index (χ0v) is 14.3. The lowest BCUT2D eigenvalue weighted by Gasteiger charge is -2.12. The number of benzene rings is 1. The van der Waals surface area contributed by atoms with Crippen LogP contribution in [-0.4, -0.2) is 10.1 Å². The van der Waals surface area contributed by atoms with E-state index in [4.69, 9.17) is 17.3 Å². The molecule has 0 radical (unpaired) electrons. The predicted molar refractivity (Wildman–Crippen MR) is 88.6 cm³/mol. The molecule has 3 N–H and O–H groups in total. The van der Waals surface area contributed by atoms with Crippen LogP contribution in [0.25, 0.3) is 0 Å². The number of aliphatic hydroxyl groups excluding tert-OH is 1. The Balaban J connectivity index is 0.00000200. The normalized spacial score (nSPS) is 10.2. The van der Waals surface area contributed by atoms with Gasteiger partial charge in [0, 0.05) is 27.7 Å². The molecule has 0 bridgehead atoms. The van der Waals surface area contributed by atoms with Crippen LogP contribution in [0.4, 0.5) is 0 Å². The number of halogens is 3. The van der Waals surface area contributed by atoms with Gasteiger partial charge in [0.2, 0.25) is 0 Å². The van der Waals surface area contributed by atoms with E-state index in [0.717, 1.165) is 25.5 Å². The first-order valence-electron chi connectivity index (χ1n) is 5.57. The van der Waals surface area contributed by atoms with E-state index < -0.39 is 0 Å². The lowest BCUT2D eigenvalue weighted by molar-refractivity contribution is 0.278. The van der Waals surface area contributed by atoms with Gasteiger partial charge in [-0.05, 0) is 23.8 Å². The molecule has 0 spiro atoms. The number of rotatable bonds is 4. The van der Waals surface area contributed by atoms with Gasteiger partial charge in [0.15, 0.2) is 0 Å². The molecule has 20 heavy (non-hydrogen) atoms. The van der Waals surface area contributed by atoms with Crippen LogP contribution < -0.4 is 5.73 Å². The van der Waals surface area contributed by atoms with Crippen LogP contribution in [0.1, 0.15) is 11.1 Å². The van der Waals surface area contributed by atoms with Crippen LogP contribution in [0.5, 0.6) is 0 Å². The molecule has 0 aliphatic carbocycles. The highest BCUT2D eigenvalue weighted by Gasteiger charge is 2.14. The highest BCUT2D eigenvalue weighted by molar-refractivity contribution is 9.10. The summed E-state index contributed by atoms with van der Waals surface area (Å²) in [4.78, 5) is 5.15. The van der Waals surface area contributed by atoms with Crippen LogP contribution in [0.3, 0.4) is 0 Å². The number of pyridine rings is 1. The summed E-state index contributed by atoms with van der Waals surface area (Å²) in [5, 5.41) is 10.7. The minimum absolute atomic E-state index is 0. The largest absolute Gasteiger partial charge is 0.392 e. The van der Waals surface area contributed by atoms with Gasteiger partial charge in [0.25, 0.3) is 0 Å². The molecular weight excluding hydrogens is 383 g/mol. The second-order valence-electron chi connectivity index (χ2n) is 3.77. The van der Waals surface area contributed by atoms with Crippen LogP contribution >= 0.6 is 51.7 Å². The second kappa shape index (κ2) is 8.22. The van der Waals surface area contributed by atoms with E-state index in [-0.39, 0.29) is 19.0 Å². The average Bonchev–Trinajstić information content (AvgIpc) is 2.44. The van der Waals surface area contributed by atoms with Gasteiger partial charge in [-0.15, -0.1) is 12.4 Å². The van der Waals surface area contributed by atoms with Gasteiger partial charge < -0.3 is 10.8 Å². The summed E-state index contributed by atoms with van der Waals surface area (Å²) in [5.74, 6) is 0. The number of aromatic nitrogens is 1. The molecule has 7 heteroatoms. The maximum atomic E-state index is 9.33. The number of nitrogens with zero attached hydrogens (tertiary/aromatic N) is 1. The van der Waals surface area contributed by atoms with Crippen LogP contribution in [0.15, 0.2) is 44.9 Å². The Morgan fingerprint density at radius 2 is 2.10 bits per heavy atom. The van der Waals surface area contributed by atoms with Gasteiger partial charge >= 0.3 is 0 Å². The SMILES string of the molecule is Cl.NCc1c(Br)ccc(Cl)c1Sc1ncccc1CO. The molecule has 0 fully saturated rings. The number of nitrogens with two attached hydrogens (primary N) is 1. The van der Waals surface area contributed by atoms with Crippen molar-refractivity contribution in [2.75, 3.05) is 0 Å². The molecule has 3 nitrogen and oxygen atoms in total.